The van der Waals surface area contributed by atoms with E-state index in [9.17, 15) is 14.3 Å². The standard InChI is InChI=1S/C11H19FO2/c1-10(2,3)11(9(13)14)6-4-8(12)5-7-11/h8H,4-7H2,1-3H3,(H,13,14). The molecule has 0 bridgehead atoms. The molecule has 1 saturated carbocycles. The lowest BCUT2D eigenvalue weighted by Crippen LogP contribution is -2.46. The third-order valence-electron chi connectivity index (χ3n) is 3.61. The summed E-state index contributed by atoms with van der Waals surface area (Å²) in [6, 6.07) is 0. The lowest BCUT2D eigenvalue weighted by molar-refractivity contribution is -0.160. The van der Waals surface area contributed by atoms with Crippen molar-refractivity contribution in [1.82, 2.24) is 0 Å². The van der Waals surface area contributed by atoms with Crippen LogP contribution >= 0.6 is 0 Å². The first-order valence-corrected chi connectivity index (χ1v) is 5.17. The van der Waals surface area contributed by atoms with Gasteiger partial charge in [-0.3, -0.25) is 4.79 Å². The van der Waals surface area contributed by atoms with Crippen molar-refractivity contribution in [2.75, 3.05) is 0 Å². The maximum atomic E-state index is 13.0. The summed E-state index contributed by atoms with van der Waals surface area (Å²) in [4.78, 5) is 11.3. The van der Waals surface area contributed by atoms with Crippen molar-refractivity contribution in [3.8, 4) is 0 Å². The molecular weight excluding hydrogens is 183 g/mol. The molecule has 1 rings (SSSR count). The minimum absolute atomic E-state index is 0.293. The van der Waals surface area contributed by atoms with Crippen molar-refractivity contribution in [2.24, 2.45) is 10.8 Å². The summed E-state index contributed by atoms with van der Waals surface area (Å²) in [5.74, 6) is -0.767. The van der Waals surface area contributed by atoms with Gasteiger partial charge in [0.15, 0.2) is 0 Å². The molecule has 2 nitrogen and oxygen atoms in total. The highest BCUT2D eigenvalue weighted by atomic mass is 19.1. The van der Waals surface area contributed by atoms with Crippen LogP contribution in [0.3, 0.4) is 0 Å². The second-order valence-electron chi connectivity index (χ2n) is 5.31. The predicted molar refractivity (Wildman–Crippen MR) is 52.9 cm³/mol. The van der Waals surface area contributed by atoms with Crippen molar-refractivity contribution in [2.45, 2.75) is 52.6 Å². The van der Waals surface area contributed by atoms with Gasteiger partial charge in [0.2, 0.25) is 0 Å². The van der Waals surface area contributed by atoms with Crippen molar-refractivity contribution in [3.05, 3.63) is 0 Å². The summed E-state index contributed by atoms with van der Waals surface area (Å²) in [5, 5.41) is 9.29. The number of carbonyl (C=O) groups is 1. The predicted octanol–water partition coefficient (Wildman–Crippen LogP) is 3.02. The summed E-state index contributed by atoms with van der Waals surface area (Å²) in [6.45, 7) is 5.79. The Balaban J connectivity index is 2.90. The van der Waals surface area contributed by atoms with E-state index in [1.54, 1.807) is 0 Å². The number of carboxylic acids is 1. The third kappa shape index (κ3) is 1.77. The molecule has 1 N–H and O–H groups in total. The summed E-state index contributed by atoms with van der Waals surface area (Å²) in [7, 11) is 0. The van der Waals surface area contributed by atoms with Gasteiger partial charge in [-0.2, -0.15) is 0 Å². The monoisotopic (exact) mass is 202 g/mol. The first kappa shape index (κ1) is 11.5. The van der Waals surface area contributed by atoms with Crippen LogP contribution in [0.25, 0.3) is 0 Å². The lowest BCUT2D eigenvalue weighted by Gasteiger charge is -2.44. The largest absolute Gasteiger partial charge is 0.481 e. The quantitative estimate of drug-likeness (QED) is 0.709. The lowest BCUT2D eigenvalue weighted by atomic mass is 9.59. The molecule has 1 fully saturated rings. The van der Waals surface area contributed by atoms with Gasteiger partial charge in [-0.1, -0.05) is 20.8 Å². The summed E-state index contributed by atoms with van der Waals surface area (Å²) in [6.07, 6.45) is 0.914. The molecule has 0 amide bonds. The Kier molecular flexibility index (Phi) is 2.88. The highest BCUT2D eigenvalue weighted by Crippen LogP contribution is 2.50. The maximum Gasteiger partial charge on any atom is 0.310 e. The smallest absolute Gasteiger partial charge is 0.310 e. The molecule has 0 aliphatic heterocycles. The van der Waals surface area contributed by atoms with E-state index < -0.39 is 17.6 Å². The molecule has 0 aromatic carbocycles. The van der Waals surface area contributed by atoms with E-state index >= 15 is 0 Å². The molecule has 1 aliphatic carbocycles. The summed E-state index contributed by atoms with van der Waals surface area (Å²) in [5.41, 5.74) is -1.02. The Bertz CT molecular complexity index is 222. The van der Waals surface area contributed by atoms with Gasteiger partial charge in [0.05, 0.1) is 5.41 Å². The Hall–Kier alpha value is -0.600. The molecular formula is C11H19FO2. The fraction of sp³-hybridized carbons (Fsp3) is 0.909. The molecule has 0 saturated heterocycles. The maximum absolute atomic E-state index is 13.0. The highest BCUT2D eigenvalue weighted by Gasteiger charge is 2.50. The number of carboxylic acid groups (broad SMARTS) is 1. The van der Waals surface area contributed by atoms with E-state index in [1.165, 1.54) is 0 Å². The molecule has 0 atom stereocenters. The van der Waals surface area contributed by atoms with Crippen LogP contribution < -0.4 is 0 Å². The van der Waals surface area contributed by atoms with E-state index in [-0.39, 0.29) is 5.41 Å². The normalized spacial score (nSPS) is 34.1. The number of halogens is 1. The highest BCUT2D eigenvalue weighted by molar-refractivity contribution is 5.75. The average Bonchev–Trinajstić information content (AvgIpc) is 2.02. The van der Waals surface area contributed by atoms with Gasteiger partial charge in [0.1, 0.15) is 6.17 Å². The van der Waals surface area contributed by atoms with Crippen LogP contribution in [0.15, 0.2) is 0 Å². The fourth-order valence-electron chi connectivity index (χ4n) is 2.36. The van der Waals surface area contributed by atoms with Crippen molar-refractivity contribution in [1.29, 1.82) is 0 Å². The Morgan fingerprint density at radius 2 is 1.79 bits per heavy atom. The summed E-state index contributed by atoms with van der Waals surface area (Å²) < 4.78 is 13.0. The number of hydrogen-bond acceptors (Lipinski definition) is 1. The van der Waals surface area contributed by atoms with Gasteiger partial charge in [0, 0.05) is 0 Å². The van der Waals surface area contributed by atoms with Crippen LogP contribution in [-0.2, 0) is 4.79 Å². The molecule has 0 unspecified atom stereocenters. The zero-order valence-electron chi connectivity index (χ0n) is 9.14. The zero-order chi connectivity index (χ0) is 11.0. The molecule has 14 heavy (non-hydrogen) atoms. The average molecular weight is 202 g/mol. The minimum Gasteiger partial charge on any atom is -0.481 e. The summed E-state index contributed by atoms with van der Waals surface area (Å²) >= 11 is 0. The van der Waals surface area contributed by atoms with Crippen LogP contribution in [0.2, 0.25) is 0 Å². The molecule has 0 heterocycles. The van der Waals surface area contributed by atoms with E-state index in [0.717, 1.165) is 0 Å². The van der Waals surface area contributed by atoms with Gasteiger partial charge >= 0.3 is 5.97 Å². The Morgan fingerprint density at radius 1 is 1.36 bits per heavy atom. The topological polar surface area (TPSA) is 37.3 Å². The van der Waals surface area contributed by atoms with Crippen LogP contribution in [0.5, 0.6) is 0 Å². The van der Waals surface area contributed by atoms with Gasteiger partial charge in [-0.25, -0.2) is 4.39 Å². The molecule has 0 radical (unpaired) electrons. The van der Waals surface area contributed by atoms with Crippen LogP contribution in [0, 0.1) is 10.8 Å². The Labute approximate surface area is 84.5 Å². The van der Waals surface area contributed by atoms with E-state index in [1.807, 2.05) is 20.8 Å². The first-order valence-electron chi connectivity index (χ1n) is 5.17. The molecule has 0 aromatic heterocycles. The van der Waals surface area contributed by atoms with E-state index in [0.29, 0.717) is 25.7 Å². The van der Waals surface area contributed by atoms with Crippen molar-refractivity contribution >= 4 is 5.97 Å². The number of rotatable bonds is 1. The Morgan fingerprint density at radius 3 is 2.07 bits per heavy atom. The number of hydrogen-bond donors (Lipinski definition) is 1. The van der Waals surface area contributed by atoms with E-state index in [2.05, 4.69) is 0 Å². The molecule has 1 aliphatic rings. The van der Waals surface area contributed by atoms with Gasteiger partial charge in [0.25, 0.3) is 0 Å². The SMILES string of the molecule is CC(C)(C)C1(C(=O)O)CCC(F)CC1. The van der Waals surface area contributed by atoms with Crippen LogP contribution in [0.1, 0.15) is 46.5 Å². The van der Waals surface area contributed by atoms with Gasteiger partial charge < -0.3 is 5.11 Å². The fourth-order valence-corrected chi connectivity index (χ4v) is 2.36. The second-order valence-corrected chi connectivity index (χ2v) is 5.31. The number of aliphatic carboxylic acids is 1. The minimum atomic E-state index is -0.801. The molecule has 82 valence electrons. The zero-order valence-corrected chi connectivity index (χ0v) is 9.14. The first-order chi connectivity index (χ1) is 6.29. The van der Waals surface area contributed by atoms with Crippen molar-refractivity contribution < 1.29 is 14.3 Å². The van der Waals surface area contributed by atoms with Crippen LogP contribution in [-0.4, -0.2) is 17.2 Å². The number of alkyl halides is 1. The molecule has 3 heteroatoms. The van der Waals surface area contributed by atoms with Crippen molar-refractivity contribution in [3.63, 3.8) is 0 Å². The molecule has 0 aromatic rings. The van der Waals surface area contributed by atoms with Gasteiger partial charge in [-0.15, -0.1) is 0 Å². The second kappa shape index (κ2) is 3.52. The van der Waals surface area contributed by atoms with E-state index in [4.69, 9.17) is 0 Å². The molecule has 0 spiro atoms. The van der Waals surface area contributed by atoms with Gasteiger partial charge in [-0.05, 0) is 31.1 Å². The third-order valence-corrected chi connectivity index (χ3v) is 3.61. The van der Waals surface area contributed by atoms with Crippen LogP contribution in [0.4, 0.5) is 4.39 Å².